The van der Waals surface area contributed by atoms with Crippen molar-refractivity contribution in [3.8, 4) is 5.75 Å². The van der Waals surface area contributed by atoms with Crippen molar-refractivity contribution in [2.45, 2.75) is 19.0 Å². The molecule has 164 valence electrons. The van der Waals surface area contributed by atoms with Gasteiger partial charge in [0.15, 0.2) is 0 Å². The minimum absolute atomic E-state index is 0.0191. The number of Topliss-reactive ketones (excluding diaryl/α,β-unsaturated/α-hetero) is 1. The van der Waals surface area contributed by atoms with Gasteiger partial charge in [-0.3, -0.25) is 9.59 Å². The topological polar surface area (TPSA) is 84.7 Å². The maximum atomic E-state index is 13.4. The molecule has 1 atom stereocenters. The first kappa shape index (κ1) is 21.3. The molecule has 0 unspecified atom stereocenters. The van der Waals surface area contributed by atoms with E-state index in [2.05, 4.69) is 4.98 Å². The van der Waals surface area contributed by atoms with Crippen molar-refractivity contribution in [2.75, 3.05) is 13.7 Å². The van der Waals surface area contributed by atoms with Crippen molar-refractivity contribution >= 4 is 17.4 Å². The van der Waals surface area contributed by atoms with E-state index in [1.807, 2.05) is 10.8 Å². The monoisotopic (exact) mass is 435 g/mol. The quantitative estimate of drug-likeness (QED) is 0.349. The molecule has 32 heavy (non-hydrogen) atoms. The molecule has 0 aliphatic carbocycles. The molecule has 0 saturated carbocycles. The van der Waals surface area contributed by atoms with Crippen molar-refractivity contribution in [3.05, 3.63) is 89.8 Å². The number of aromatic nitrogens is 2. The van der Waals surface area contributed by atoms with Crippen LogP contribution in [0.3, 0.4) is 0 Å². The van der Waals surface area contributed by atoms with E-state index in [-0.39, 0.29) is 16.9 Å². The first-order valence-electron chi connectivity index (χ1n) is 10.1. The maximum Gasteiger partial charge on any atom is 0.295 e. The van der Waals surface area contributed by atoms with Crippen molar-refractivity contribution < 1.29 is 23.8 Å². The maximum absolute atomic E-state index is 13.4. The molecule has 2 heterocycles. The fourth-order valence-electron chi connectivity index (χ4n) is 3.85. The third-order valence-electron chi connectivity index (χ3n) is 5.46. The summed E-state index contributed by atoms with van der Waals surface area (Å²) in [7, 11) is 1.55. The first-order chi connectivity index (χ1) is 15.5. The number of rotatable bonds is 7. The third-order valence-corrected chi connectivity index (χ3v) is 5.46. The molecular weight excluding hydrogens is 413 g/mol. The molecule has 4 rings (SSSR count). The molecule has 1 aromatic heterocycles. The van der Waals surface area contributed by atoms with Crippen molar-refractivity contribution in [1.29, 1.82) is 0 Å². The number of imidazole rings is 1. The van der Waals surface area contributed by atoms with Gasteiger partial charge in [-0.05, 0) is 48.4 Å². The summed E-state index contributed by atoms with van der Waals surface area (Å²) in [6, 6.07) is 11.4. The Morgan fingerprint density at radius 1 is 1.09 bits per heavy atom. The minimum Gasteiger partial charge on any atom is -0.507 e. The van der Waals surface area contributed by atoms with Gasteiger partial charge in [0.2, 0.25) is 0 Å². The van der Waals surface area contributed by atoms with Gasteiger partial charge in [0.05, 0.1) is 25.1 Å². The van der Waals surface area contributed by atoms with Crippen LogP contribution in [0.15, 0.2) is 72.8 Å². The van der Waals surface area contributed by atoms with Crippen LogP contribution in [0.1, 0.15) is 23.6 Å². The van der Waals surface area contributed by atoms with Crippen molar-refractivity contribution in [1.82, 2.24) is 14.5 Å². The van der Waals surface area contributed by atoms with Crippen LogP contribution in [-0.2, 0) is 16.1 Å². The zero-order valence-electron chi connectivity index (χ0n) is 17.4. The van der Waals surface area contributed by atoms with Gasteiger partial charge in [-0.15, -0.1) is 0 Å². The molecule has 0 spiro atoms. The molecule has 1 N–H and O–H groups in total. The highest BCUT2D eigenvalue weighted by atomic mass is 19.1. The molecule has 1 amide bonds. The number of aryl methyl sites for hydroxylation is 1. The molecule has 0 bridgehead atoms. The van der Waals surface area contributed by atoms with Gasteiger partial charge in [-0.1, -0.05) is 12.1 Å². The molecule has 1 saturated heterocycles. The Morgan fingerprint density at radius 2 is 1.81 bits per heavy atom. The zero-order chi connectivity index (χ0) is 22.7. The van der Waals surface area contributed by atoms with Gasteiger partial charge in [-0.25, -0.2) is 9.37 Å². The van der Waals surface area contributed by atoms with Gasteiger partial charge in [0.25, 0.3) is 11.7 Å². The number of ether oxygens (including phenoxy) is 1. The largest absolute Gasteiger partial charge is 0.507 e. The highest BCUT2D eigenvalue weighted by Gasteiger charge is 2.45. The lowest BCUT2D eigenvalue weighted by molar-refractivity contribution is -0.139. The van der Waals surface area contributed by atoms with Gasteiger partial charge in [0, 0.05) is 31.0 Å². The third kappa shape index (κ3) is 4.12. The highest BCUT2D eigenvalue weighted by Crippen LogP contribution is 2.39. The summed E-state index contributed by atoms with van der Waals surface area (Å²) in [4.78, 5) is 31.4. The second-order valence-corrected chi connectivity index (χ2v) is 7.43. The lowest BCUT2D eigenvalue weighted by atomic mass is 9.95. The minimum atomic E-state index is -0.770. The Hall–Kier alpha value is -3.94. The SMILES string of the molecule is COc1ccc([C@H]2C(=C(O)c3ccc(F)cc3)C(=O)C(=O)N2CCCn2ccnc2)cc1. The van der Waals surface area contributed by atoms with Crippen LogP contribution in [-0.4, -0.2) is 44.9 Å². The number of hydrogen-bond acceptors (Lipinski definition) is 5. The number of benzene rings is 2. The van der Waals surface area contributed by atoms with E-state index in [1.54, 1.807) is 43.9 Å². The summed E-state index contributed by atoms with van der Waals surface area (Å²) in [6.45, 7) is 0.927. The van der Waals surface area contributed by atoms with E-state index in [4.69, 9.17) is 4.74 Å². The number of aliphatic hydroxyl groups is 1. The van der Waals surface area contributed by atoms with E-state index in [1.165, 1.54) is 29.2 Å². The number of ketones is 1. The normalized spacial score (nSPS) is 17.7. The first-order valence-corrected chi connectivity index (χ1v) is 10.1. The van der Waals surface area contributed by atoms with Crippen molar-refractivity contribution in [2.24, 2.45) is 0 Å². The predicted molar refractivity (Wildman–Crippen MR) is 115 cm³/mol. The fraction of sp³-hybridized carbons (Fsp3) is 0.208. The number of methoxy groups -OCH3 is 1. The van der Waals surface area contributed by atoms with Crippen LogP contribution in [0, 0.1) is 5.82 Å². The predicted octanol–water partition coefficient (Wildman–Crippen LogP) is 3.54. The van der Waals surface area contributed by atoms with Crippen molar-refractivity contribution in [3.63, 3.8) is 0 Å². The Bertz CT molecular complexity index is 1140. The van der Waals surface area contributed by atoms with E-state index >= 15 is 0 Å². The average molecular weight is 435 g/mol. The van der Waals surface area contributed by atoms with Crippen LogP contribution in [0.2, 0.25) is 0 Å². The molecule has 0 radical (unpaired) electrons. The van der Waals surface area contributed by atoms with Crippen LogP contribution < -0.4 is 4.74 Å². The standard InChI is InChI=1S/C24H22FN3O4/c1-32-19-9-5-16(6-10-19)21-20(22(29)17-3-7-18(25)8-4-17)23(30)24(31)28(21)13-2-12-27-14-11-26-15-27/h3-11,14-15,21,29H,2,12-13H2,1H3/t21-/m0/s1. The molecular formula is C24H22FN3O4. The lowest BCUT2D eigenvalue weighted by Gasteiger charge is -2.25. The Kier molecular flexibility index (Phi) is 6.02. The van der Waals surface area contributed by atoms with E-state index in [0.29, 0.717) is 30.8 Å². The molecule has 7 nitrogen and oxygen atoms in total. The number of carbonyl (C=O) groups excluding carboxylic acids is 2. The number of carbonyl (C=O) groups is 2. The van der Waals surface area contributed by atoms with E-state index in [0.717, 1.165) is 0 Å². The summed E-state index contributed by atoms with van der Waals surface area (Å²) >= 11 is 0. The van der Waals surface area contributed by atoms with Gasteiger partial charge in [0.1, 0.15) is 17.3 Å². The molecule has 1 aliphatic rings. The smallest absolute Gasteiger partial charge is 0.295 e. The summed E-state index contributed by atoms with van der Waals surface area (Å²) in [5, 5.41) is 10.9. The summed E-state index contributed by atoms with van der Waals surface area (Å²) in [5.41, 5.74) is 0.909. The summed E-state index contributed by atoms with van der Waals surface area (Å²) < 4.78 is 20.4. The second kappa shape index (κ2) is 9.05. The summed E-state index contributed by atoms with van der Waals surface area (Å²) in [5.74, 6) is -1.62. The molecule has 8 heteroatoms. The number of nitrogens with zero attached hydrogens (tertiary/aromatic N) is 3. The van der Waals surface area contributed by atoms with Crippen LogP contribution >= 0.6 is 0 Å². The van der Waals surface area contributed by atoms with Gasteiger partial charge >= 0.3 is 0 Å². The van der Waals surface area contributed by atoms with Crippen LogP contribution in [0.4, 0.5) is 4.39 Å². The number of amides is 1. The number of halogens is 1. The number of likely N-dealkylation sites (tertiary alicyclic amines) is 1. The molecule has 1 fully saturated rings. The van der Waals surface area contributed by atoms with E-state index in [9.17, 15) is 19.1 Å². The fourth-order valence-corrected chi connectivity index (χ4v) is 3.85. The van der Waals surface area contributed by atoms with Crippen LogP contribution in [0.5, 0.6) is 5.75 Å². The molecule has 3 aromatic rings. The number of hydrogen-bond donors (Lipinski definition) is 1. The number of aliphatic hydroxyl groups excluding tert-OH is 1. The Labute approximate surface area is 184 Å². The van der Waals surface area contributed by atoms with Gasteiger partial charge in [-0.2, -0.15) is 0 Å². The lowest BCUT2D eigenvalue weighted by Crippen LogP contribution is -2.31. The average Bonchev–Trinajstić information content (AvgIpc) is 3.41. The molecule has 1 aliphatic heterocycles. The Balaban J connectivity index is 1.72. The second-order valence-electron chi connectivity index (χ2n) is 7.43. The zero-order valence-corrected chi connectivity index (χ0v) is 17.4. The highest BCUT2D eigenvalue weighted by molar-refractivity contribution is 6.46. The summed E-state index contributed by atoms with van der Waals surface area (Å²) in [6.07, 6.45) is 5.77. The van der Waals surface area contributed by atoms with E-state index < -0.39 is 23.5 Å². The molecule has 2 aromatic carbocycles. The Morgan fingerprint density at radius 3 is 2.44 bits per heavy atom. The van der Waals surface area contributed by atoms with Crippen LogP contribution in [0.25, 0.3) is 5.76 Å². The van der Waals surface area contributed by atoms with Gasteiger partial charge < -0.3 is 19.3 Å².